The minimum atomic E-state index is -0.120. The lowest BCUT2D eigenvalue weighted by atomic mass is 9.96. The smallest absolute Gasteiger partial charge is 0.153 e. The molecule has 3 aromatic rings. The lowest BCUT2D eigenvalue weighted by Gasteiger charge is -2.21. The first kappa shape index (κ1) is 26.9. The number of carbonyl (C=O) groups is 1. The predicted molar refractivity (Wildman–Crippen MR) is 143 cm³/mol. The Morgan fingerprint density at radius 1 is 1.18 bits per heavy atom. The van der Waals surface area contributed by atoms with Crippen molar-refractivity contribution in [3.63, 3.8) is 0 Å². The van der Waals surface area contributed by atoms with Crippen LogP contribution in [0.5, 0.6) is 11.5 Å². The Kier molecular flexibility index (Phi) is 9.15. The lowest BCUT2D eigenvalue weighted by Crippen LogP contribution is -2.11. The zero-order valence-corrected chi connectivity index (χ0v) is 21.7. The van der Waals surface area contributed by atoms with E-state index in [1.807, 2.05) is 37.3 Å². The van der Waals surface area contributed by atoms with Crippen LogP contribution in [0.2, 0.25) is 5.02 Å². The summed E-state index contributed by atoms with van der Waals surface area (Å²) in [5.74, 6) is 1.33. The van der Waals surface area contributed by atoms with E-state index in [9.17, 15) is 4.79 Å². The summed E-state index contributed by atoms with van der Waals surface area (Å²) in [5, 5.41) is 9.38. The number of nitriles is 1. The largest absolute Gasteiger partial charge is 0.492 e. The first-order valence-electron chi connectivity index (χ1n) is 12.0. The fourth-order valence-electron chi connectivity index (χ4n) is 4.05. The van der Waals surface area contributed by atoms with Crippen LogP contribution >= 0.6 is 11.6 Å². The molecule has 0 saturated heterocycles. The molecule has 1 aromatic heterocycles. The highest BCUT2D eigenvalue weighted by molar-refractivity contribution is 6.32. The number of ether oxygens (including phenoxy) is 4. The third-order valence-electron chi connectivity index (χ3n) is 6.07. The fourth-order valence-corrected chi connectivity index (χ4v) is 4.28. The maximum atomic E-state index is 11.6. The Bertz CT molecular complexity index is 1400. The monoisotopic (exact) mass is 530 g/mol. The molecule has 1 atom stereocenters. The summed E-state index contributed by atoms with van der Waals surface area (Å²) in [6, 6.07) is 12.9. The van der Waals surface area contributed by atoms with E-state index >= 15 is 0 Å². The van der Waals surface area contributed by atoms with Gasteiger partial charge in [0, 0.05) is 24.0 Å². The van der Waals surface area contributed by atoms with Gasteiger partial charge in [0.25, 0.3) is 0 Å². The van der Waals surface area contributed by atoms with E-state index in [1.165, 1.54) is 12.3 Å². The number of aldehydes is 1. The maximum Gasteiger partial charge on any atom is 0.153 e. The summed E-state index contributed by atoms with van der Waals surface area (Å²) < 4.78 is 23.5. The van der Waals surface area contributed by atoms with Crippen molar-refractivity contribution in [1.82, 2.24) is 4.98 Å². The summed E-state index contributed by atoms with van der Waals surface area (Å²) in [5.41, 5.74) is 4.53. The zero-order chi connectivity index (χ0) is 26.9. The van der Waals surface area contributed by atoms with Crippen LogP contribution in [-0.2, 0) is 22.7 Å². The van der Waals surface area contributed by atoms with Gasteiger partial charge >= 0.3 is 0 Å². The van der Waals surface area contributed by atoms with Gasteiger partial charge in [0.05, 0.1) is 28.9 Å². The van der Waals surface area contributed by atoms with E-state index in [4.69, 9.17) is 35.8 Å². The molecule has 0 radical (unpaired) electrons. The van der Waals surface area contributed by atoms with Crippen molar-refractivity contribution in [2.24, 2.45) is 0 Å². The van der Waals surface area contributed by atoms with E-state index in [0.29, 0.717) is 64.9 Å². The third kappa shape index (κ3) is 6.80. The molecule has 1 aliphatic rings. The number of pyridine rings is 1. The second-order valence-corrected chi connectivity index (χ2v) is 9.06. The molecule has 0 bridgehead atoms. The molecule has 2 heterocycles. The highest BCUT2D eigenvalue weighted by atomic mass is 35.5. The van der Waals surface area contributed by atoms with E-state index in [2.05, 4.69) is 17.6 Å². The predicted octanol–water partition coefficient (Wildman–Crippen LogP) is 6.43. The standard InChI is InChI=1S/C30H27ClN2O5/c1-20-5-3-8-28(36-10-9-35-20)26-7-4-6-24(21(26)2)19-38-30-13-29(25(17-34)12-27(30)31)37-18-23-11-22(14-32)15-33-16-23/h3-7,11-13,15-17,28H,1,8-10,18-19H2,2H3/b5-3-. The molecular weight excluding hydrogens is 504 g/mol. The van der Waals surface area contributed by atoms with E-state index in [0.717, 1.165) is 16.7 Å². The van der Waals surface area contributed by atoms with Gasteiger partial charge in [-0.25, -0.2) is 0 Å². The number of carbonyl (C=O) groups excluding carboxylic acids is 1. The highest BCUT2D eigenvalue weighted by Gasteiger charge is 2.17. The van der Waals surface area contributed by atoms with Crippen molar-refractivity contribution in [1.29, 1.82) is 5.26 Å². The Morgan fingerprint density at radius 2 is 2.03 bits per heavy atom. The normalized spacial score (nSPS) is 16.2. The van der Waals surface area contributed by atoms with Crippen LogP contribution < -0.4 is 9.47 Å². The van der Waals surface area contributed by atoms with Crippen LogP contribution in [0.1, 0.15) is 50.7 Å². The Morgan fingerprint density at radius 3 is 2.84 bits per heavy atom. The number of hydrogen-bond acceptors (Lipinski definition) is 7. The van der Waals surface area contributed by atoms with Crippen LogP contribution in [0.3, 0.4) is 0 Å². The lowest BCUT2D eigenvalue weighted by molar-refractivity contribution is 0.0246. The molecule has 7 nitrogen and oxygen atoms in total. The van der Waals surface area contributed by atoms with Gasteiger partial charge in [-0.1, -0.05) is 42.5 Å². The van der Waals surface area contributed by atoms with Gasteiger partial charge in [-0.15, -0.1) is 0 Å². The molecule has 38 heavy (non-hydrogen) atoms. The Balaban J connectivity index is 1.50. The Labute approximate surface area is 226 Å². The molecule has 0 N–H and O–H groups in total. The molecule has 2 aromatic carbocycles. The summed E-state index contributed by atoms with van der Waals surface area (Å²) in [6.45, 7) is 7.20. The molecule has 0 saturated carbocycles. The second kappa shape index (κ2) is 12.9. The van der Waals surface area contributed by atoms with E-state index in [-0.39, 0.29) is 19.3 Å². The molecule has 194 valence electrons. The van der Waals surface area contributed by atoms with E-state index < -0.39 is 0 Å². The van der Waals surface area contributed by atoms with Gasteiger partial charge in [-0.2, -0.15) is 5.26 Å². The minimum Gasteiger partial charge on any atom is -0.492 e. The molecule has 1 unspecified atom stereocenters. The minimum absolute atomic E-state index is 0.120. The topological polar surface area (TPSA) is 90.7 Å². The van der Waals surface area contributed by atoms with E-state index in [1.54, 1.807) is 18.3 Å². The summed E-state index contributed by atoms with van der Waals surface area (Å²) in [7, 11) is 0. The van der Waals surface area contributed by atoms with Crippen LogP contribution in [-0.4, -0.2) is 24.5 Å². The second-order valence-electron chi connectivity index (χ2n) is 8.65. The summed E-state index contributed by atoms with van der Waals surface area (Å²) >= 11 is 6.42. The number of hydrogen-bond donors (Lipinski definition) is 0. The number of allylic oxidation sites excluding steroid dienone is 1. The number of halogens is 1. The van der Waals surface area contributed by atoms with Crippen LogP contribution in [0.15, 0.2) is 73.3 Å². The number of nitrogens with zero attached hydrogens (tertiary/aromatic N) is 2. The molecule has 8 heteroatoms. The number of rotatable bonds is 8. The average Bonchev–Trinajstić information content (AvgIpc) is 3.04. The van der Waals surface area contributed by atoms with Gasteiger partial charge < -0.3 is 18.9 Å². The van der Waals surface area contributed by atoms with Gasteiger partial charge in [0.2, 0.25) is 0 Å². The van der Waals surface area contributed by atoms with Gasteiger partial charge in [-0.3, -0.25) is 9.78 Å². The fraction of sp³-hybridized carbons (Fsp3) is 0.233. The zero-order valence-electron chi connectivity index (χ0n) is 21.0. The van der Waals surface area contributed by atoms with Crippen molar-refractivity contribution < 1.29 is 23.7 Å². The summed E-state index contributed by atoms with van der Waals surface area (Å²) in [4.78, 5) is 15.7. The molecule has 0 fully saturated rings. The van der Waals surface area contributed by atoms with Crippen LogP contribution in [0.4, 0.5) is 0 Å². The van der Waals surface area contributed by atoms with Crippen molar-refractivity contribution in [3.8, 4) is 17.6 Å². The van der Waals surface area contributed by atoms with Gasteiger partial charge in [-0.05, 0) is 48.2 Å². The maximum absolute atomic E-state index is 11.6. The van der Waals surface area contributed by atoms with Crippen molar-refractivity contribution in [3.05, 3.63) is 112 Å². The average molecular weight is 531 g/mol. The first-order valence-corrected chi connectivity index (χ1v) is 12.4. The molecule has 0 spiro atoms. The Hall–Kier alpha value is -4.12. The van der Waals surface area contributed by atoms with Crippen LogP contribution in [0.25, 0.3) is 0 Å². The molecule has 4 rings (SSSR count). The summed E-state index contributed by atoms with van der Waals surface area (Å²) in [6.07, 6.45) is 8.19. The molecule has 0 aliphatic carbocycles. The molecule has 1 aliphatic heterocycles. The number of aromatic nitrogens is 1. The molecular formula is C30H27ClN2O5. The quantitative estimate of drug-likeness (QED) is 0.310. The molecule has 0 amide bonds. The van der Waals surface area contributed by atoms with Crippen molar-refractivity contribution in [2.45, 2.75) is 32.7 Å². The third-order valence-corrected chi connectivity index (χ3v) is 6.37. The van der Waals surface area contributed by atoms with Crippen LogP contribution in [0, 0.1) is 18.3 Å². The highest BCUT2D eigenvalue weighted by Crippen LogP contribution is 2.34. The first-order chi connectivity index (χ1) is 18.5. The number of benzene rings is 2. The van der Waals surface area contributed by atoms with Gasteiger partial charge in [0.1, 0.15) is 43.1 Å². The SMILES string of the molecule is C=C1/C=C\CC(c2cccc(COc3cc(OCc4cncc(C#N)c4)c(C=O)cc3Cl)c2C)OCCO1. The van der Waals surface area contributed by atoms with Crippen molar-refractivity contribution in [2.75, 3.05) is 13.2 Å². The van der Waals surface area contributed by atoms with Gasteiger partial charge in [0.15, 0.2) is 6.29 Å². The van der Waals surface area contributed by atoms with Crippen molar-refractivity contribution >= 4 is 17.9 Å².